The molecule has 54 heavy (non-hydrogen) atoms. The van der Waals surface area contributed by atoms with Gasteiger partial charge in [-0.1, -0.05) is 108 Å². The fraction of sp³-hybridized carbons (Fsp3) is 0.116. The van der Waals surface area contributed by atoms with Gasteiger partial charge in [-0.05, 0) is 94.0 Å². The predicted octanol–water partition coefficient (Wildman–Crippen LogP) is 9.27. The second-order valence-electron chi connectivity index (χ2n) is 12.0. The molecule has 0 saturated heterocycles. The van der Waals surface area contributed by atoms with Crippen LogP contribution in [0.1, 0.15) is 11.1 Å². The Kier molecular flexibility index (Phi) is 14.0. The minimum Gasteiger partial charge on any atom is -0.497 e. The van der Waals surface area contributed by atoms with Crippen LogP contribution in [0.25, 0.3) is 22.3 Å². The van der Waals surface area contributed by atoms with Crippen molar-refractivity contribution < 1.29 is 32.6 Å². The van der Waals surface area contributed by atoms with Gasteiger partial charge in [-0.15, -0.1) is 0 Å². The van der Waals surface area contributed by atoms with Gasteiger partial charge >= 0.3 is 5.97 Å². The molecule has 0 aliphatic rings. The zero-order valence-corrected chi connectivity index (χ0v) is 32.3. The Morgan fingerprint density at radius 1 is 0.556 bits per heavy atom. The molecule has 0 heterocycles. The van der Waals surface area contributed by atoms with E-state index < -0.39 is 21.9 Å². The number of hydrogen-bond acceptors (Lipinski definition) is 8. The predicted molar refractivity (Wildman–Crippen MR) is 216 cm³/mol. The van der Waals surface area contributed by atoms with E-state index in [1.807, 2.05) is 126 Å². The Morgan fingerprint density at radius 3 is 1.26 bits per heavy atom. The highest BCUT2D eigenvalue weighted by Crippen LogP contribution is 2.34. The van der Waals surface area contributed by atoms with Gasteiger partial charge in [0.1, 0.15) is 11.5 Å². The molecule has 0 saturated carbocycles. The number of carbonyl (C=O) groups is 2. The molecule has 6 aromatic carbocycles. The van der Waals surface area contributed by atoms with Crippen LogP contribution in [-0.4, -0.2) is 45.9 Å². The van der Waals surface area contributed by atoms with Crippen molar-refractivity contribution in [3.05, 3.63) is 157 Å². The summed E-state index contributed by atoms with van der Waals surface area (Å²) in [6, 6.07) is 47.3. The lowest BCUT2D eigenvalue weighted by molar-refractivity contribution is -0.136. The van der Waals surface area contributed by atoms with E-state index in [-0.39, 0.29) is 12.8 Å². The first-order valence-electron chi connectivity index (χ1n) is 16.7. The van der Waals surface area contributed by atoms with E-state index >= 15 is 0 Å². The largest absolute Gasteiger partial charge is 0.497 e. The number of nitrogens with one attached hydrogen (secondary N) is 1. The maximum Gasteiger partial charge on any atom is 0.307 e. The molecule has 0 spiro atoms. The van der Waals surface area contributed by atoms with Crippen LogP contribution in [0, 0.1) is 0 Å². The maximum absolute atomic E-state index is 12.0. The third-order valence-electron chi connectivity index (χ3n) is 7.95. The maximum atomic E-state index is 12.0. The second kappa shape index (κ2) is 19.0. The topological polar surface area (TPSA) is 119 Å². The molecule has 8 nitrogen and oxygen atoms in total. The van der Waals surface area contributed by atoms with E-state index in [2.05, 4.69) is 24.3 Å². The quantitative estimate of drug-likeness (QED) is 0.118. The number of rotatable bonds is 13. The molecule has 0 aliphatic carbocycles. The van der Waals surface area contributed by atoms with Crippen molar-refractivity contribution in [3.63, 3.8) is 0 Å². The van der Waals surface area contributed by atoms with Crippen LogP contribution in [0.5, 0.6) is 11.5 Å². The fourth-order valence-corrected chi connectivity index (χ4v) is 7.70. The van der Waals surface area contributed by atoms with Crippen LogP contribution in [0.3, 0.4) is 0 Å². The van der Waals surface area contributed by atoms with Crippen molar-refractivity contribution in [2.45, 2.75) is 32.4 Å². The Balaban J connectivity index is 0.000000210. The van der Waals surface area contributed by atoms with E-state index in [0.717, 1.165) is 70.7 Å². The highest BCUT2D eigenvalue weighted by Gasteiger charge is 2.13. The number of hydrogen-bond donors (Lipinski definition) is 2. The van der Waals surface area contributed by atoms with Crippen LogP contribution < -0.4 is 14.2 Å². The molecule has 0 aromatic heterocycles. The average molecular weight is 778 g/mol. The van der Waals surface area contributed by atoms with Gasteiger partial charge in [-0.2, -0.15) is 0 Å². The van der Waals surface area contributed by atoms with E-state index in [9.17, 15) is 18.0 Å². The molecule has 0 radical (unpaired) electrons. The van der Waals surface area contributed by atoms with Crippen LogP contribution in [-0.2, 0) is 32.5 Å². The number of methoxy groups -OCH3 is 2. The Bertz CT molecular complexity index is 2280. The monoisotopic (exact) mass is 777 g/mol. The average Bonchev–Trinajstić information content (AvgIpc) is 3.16. The van der Waals surface area contributed by atoms with Gasteiger partial charge in [0, 0.05) is 19.6 Å². The van der Waals surface area contributed by atoms with Crippen LogP contribution in [0.4, 0.5) is 0 Å². The molecule has 6 rings (SSSR count). The number of benzene rings is 6. The lowest BCUT2D eigenvalue weighted by Crippen LogP contribution is -2.30. The molecule has 0 aliphatic heterocycles. The van der Waals surface area contributed by atoms with Crippen LogP contribution in [0.2, 0.25) is 0 Å². The highest BCUT2D eigenvalue weighted by atomic mass is 32.2. The smallest absolute Gasteiger partial charge is 0.307 e. The SMILES string of the molecule is COc1ccc(-c2ccc(Sc3ccccc3CC(=O)NS(C)(=O)=O)cc2)cc1.COc1ccc(-c2ccc(Sc3ccccc3CC(=O)O)cc2)cc1. The van der Waals surface area contributed by atoms with E-state index in [4.69, 9.17) is 14.6 Å². The molecule has 1 amide bonds. The number of sulfonamides is 1. The lowest BCUT2D eigenvalue weighted by atomic mass is 10.1. The molecular formula is C43H39NO7S3. The van der Waals surface area contributed by atoms with Gasteiger partial charge in [-0.25, -0.2) is 8.42 Å². The Morgan fingerprint density at radius 2 is 0.907 bits per heavy atom. The summed E-state index contributed by atoms with van der Waals surface area (Å²) in [6.07, 6.45) is 1.00. The van der Waals surface area contributed by atoms with Gasteiger partial charge in [0.25, 0.3) is 0 Å². The standard InChI is InChI=1S/C22H21NO4S2.C21H18O3S/c1-27-19-11-7-16(8-12-19)17-9-13-20(14-10-17)28-21-6-4-3-5-18(21)15-22(24)23-29(2,25)26;1-24-18-10-6-15(7-11-18)16-8-12-19(13-9-16)25-20-5-3-2-4-17(20)14-21(22)23/h3-14H,15H2,1-2H3,(H,23,24);2-13H,14H2,1H3,(H,22,23). The molecule has 11 heteroatoms. The van der Waals surface area contributed by atoms with Crippen LogP contribution in [0.15, 0.2) is 165 Å². The highest BCUT2D eigenvalue weighted by molar-refractivity contribution is 7.99. The summed E-state index contributed by atoms with van der Waals surface area (Å²) in [6.45, 7) is 0. The third kappa shape index (κ3) is 12.0. The number of ether oxygens (including phenoxy) is 2. The summed E-state index contributed by atoms with van der Waals surface area (Å²) < 4.78 is 34.9. The molecule has 6 aromatic rings. The summed E-state index contributed by atoms with van der Waals surface area (Å²) in [4.78, 5) is 27.0. The van der Waals surface area contributed by atoms with Crippen molar-refractivity contribution in [1.82, 2.24) is 4.72 Å². The molecule has 0 unspecified atom stereocenters. The van der Waals surface area contributed by atoms with Crippen LogP contribution >= 0.6 is 23.5 Å². The Labute approximate surface area is 324 Å². The molecule has 2 N–H and O–H groups in total. The van der Waals surface area contributed by atoms with Crippen molar-refractivity contribution >= 4 is 45.4 Å². The van der Waals surface area contributed by atoms with Gasteiger partial charge in [-0.3, -0.25) is 14.3 Å². The van der Waals surface area contributed by atoms with Gasteiger partial charge < -0.3 is 14.6 Å². The van der Waals surface area contributed by atoms with Crippen molar-refractivity contribution in [2.75, 3.05) is 20.5 Å². The number of amides is 1. The van der Waals surface area contributed by atoms with Gasteiger partial charge in [0.15, 0.2) is 0 Å². The van der Waals surface area contributed by atoms with Gasteiger partial charge in [0.05, 0.1) is 33.3 Å². The number of carboxylic acid groups (broad SMARTS) is 1. The summed E-state index contributed by atoms with van der Waals surface area (Å²) in [5.41, 5.74) is 6.06. The molecule has 0 bridgehead atoms. The molecule has 276 valence electrons. The number of aliphatic carboxylic acids is 1. The zero-order chi connectivity index (χ0) is 38.5. The first-order valence-corrected chi connectivity index (χ1v) is 20.2. The zero-order valence-electron chi connectivity index (χ0n) is 29.9. The minimum absolute atomic E-state index is 0.000174. The van der Waals surface area contributed by atoms with E-state index in [1.165, 1.54) is 11.8 Å². The normalized spacial score (nSPS) is 10.8. The summed E-state index contributed by atoms with van der Waals surface area (Å²) >= 11 is 3.12. The number of carbonyl (C=O) groups excluding carboxylic acids is 1. The summed E-state index contributed by atoms with van der Waals surface area (Å²) in [7, 11) is -0.267. The van der Waals surface area contributed by atoms with Crippen molar-refractivity contribution in [1.29, 1.82) is 0 Å². The first-order chi connectivity index (χ1) is 26.0. The minimum atomic E-state index is -3.57. The fourth-order valence-electron chi connectivity index (χ4n) is 5.33. The lowest BCUT2D eigenvalue weighted by Gasteiger charge is -2.10. The third-order valence-corrected chi connectivity index (χ3v) is 10.8. The Hall–Kier alpha value is -5.49. The van der Waals surface area contributed by atoms with E-state index in [1.54, 1.807) is 26.0 Å². The molecule has 0 atom stereocenters. The molecule has 0 fully saturated rings. The second-order valence-corrected chi connectivity index (χ2v) is 15.9. The molecular weight excluding hydrogens is 739 g/mol. The van der Waals surface area contributed by atoms with Crippen molar-refractivity contribution in [2.24, 2.45) is 0 Å². The van der Waals surface area contributed by atoms with Crippen molar-refractivity contribution in [3.8, 4) is 33.8 Å². The van der Waals surface area contributed by atoms with Gasteiger partial charge in [0.2, 0.25) is 15.9 Å². The first kappa shape index (κ1) is 39.7. The van der Waals surface area contributed by atoms with E-state index in [0.29, 0.717) is 0 Å². The summed E-state index contributed by atoms with van der Waals surface area (Å²) in [5, 5.41) is 9.04. The summed E-state index contributed by atoms with van der Waals surface area (Å²) in [5.74, 6) is 0.293. The number of carboxylic acids is 1.